The molecule has 0 aliphatic carbocycles. The number of para-hydroxylation sites is 2. The molecule has 1 aliphatic heterocycles. The van der Waals surface area contributed by atoms with Crippen LogP contribution in [0.4, 0.5) is 16.3 Å². The maximum absolute atomic E-state index is 12.8. The number of aliphatic carboxylic acids is 1. The third-order valence-electron chi connectivity index (χ3n) is 6.45. The molecular weight excluding hydrogens is 510 g/mol. The summed E-state index contributed by atoms with van der Waals surface area (Å²) in [6.07, 6.45) is 3.48. The highest BCUT2D eigenvalue weighted by atomic mass is 16.5. The first-order valence-corrected chi connectivity index (χ1v) is 12.8. The maximum atomic E-state index is 12.8. The second-order valence-corrected chi connectivity index (χ2v) is 9.21. The Hall–Kier alpha value is -5.12. The number of urea groups is 1. The van der Waals surface area contributed by atoms with E-state index >= 15 is 0 Å². The number of ether oxygens (including phenoxy) is 1. The standard InChI is InChI=1S/C18H15N3O3.C12H16N2O2/c19-17-15-10-13(7-6-12(15)8-9-20-17)18(24)21(11-16(22)23)14-4-2-1-3-5-14;13-12(15)14-8-6-11(7-9-14)16-10-4-2-1-3-5-10/h1-10H,11H2,(H2,19,20)(H,22,23);1-5,11H,6-9H2,(H2,13,15). The minimum absolute atomic E-state index is 0.193. The molecule has 0 unspecified atom stereocenters. The Labute approximate surface area is 231 Å². The van der Waals surface area contributed by atoms with E-state index in [1.54, 1.807) is 65.7 Å². The molecule has 0 radical (unpaired) electrons. The lowest BCUT2D eigenvalue weighted by Crippen LogP contribution is -2.44. The first kappa shape index (κ1) is 27.9. The molecule has 206 valence electrons. The monoisotopic (exact) mass is 541 g/mol. The summed E-state index contributed by atoms with van der Waals surface area (Å²) in [5.41, 5.74) is 11.9. The molecule has 0 spiro atoms. The van der Waals surface area contributed by atoms with Crippen molar-refractivity contribution in [1.82, 2.24) is 9.88 Å². The van der Waals surface area contributed by atoms with Gasteiger partial charge in [-0.15, -0.1) is 0 Å². The number of carbonyl (C=O) groups is 3. The molecule has 4 aromatic rings. The number of carboxylic acids is 1. The zero-order valence-electron chi connectivity index (χ0n) is 21.8. The molecule has 0 atom stereocenters. The average molecular weight is 542 g/mol. The van der Waals surface area contributed by atoms with Crippen LogP contribution >= 0.6 is 0 Å². The van der Waals surface area contributed by atoms with E-state index in [9.17, 15) is 14.4 Å². The fourth-order valence-electron chi connectivity index (χ4n) is 4.39. The number of nitrogen functional groups attached to an aromatic ring is 1. The predicted octanol–water partition coefficient (Wildman–Crippen LogP) is 4.16. The number of piperidine rings is 1. The first-order chi connectivity index (χ1) is 19.3. The topological polar surface area (TPSA) is 152 Å². The minimum Gasteiger partial charge on any atom is -0.490 e. The summed E-state index contributed by atoms with van der Waals surface area (Å²) in [5.74, 6) is -0.283. The summed E-state index contributed by atoms with van der Waals surface area (Å²) in [7, 11) is 0. The van der Waals surface area contributed by atoms with Crippen LogP contribution in [0.5, 0.6) is 5.75 Å². The van der Waals surface area contributed by atoms with E-state index in [1.165, 1.54) is 4.90 Å². The number of carboxylic acid groups (broad SMARTS) is 1. The van der Waals surface area contributed by atoms with Crippen LogP contribution in [0, 0.1) is 0 Å². The van der Waals surface area contributed by atoms with Crippen LogP contribution in [0.2, 0.25) is 0 Å². The number of likely N-dealkylation sites (tertiary alicyclic amines) is 1. The van der Waals surface area contributed by atoms with Gasteiger partial charge in [-0.05, 0) is 47.9 Å². The number of rotatable bonds is 6. The van der Waals surface area contributed by atoms with Crippen molar-refractivity contribution >= 4 is 40.2 Å². The van der Waals surface area contributed by atoms with Gasteiger partial charge < -0.3 is 26.2 Å². The van der Waals surface area contributed by atoms with Gasteiger partial charge in [0.2, 0.25) is 0 Å². The van der Waals surface area contributed by atoms with E-state index < -0.39 is 18.4 Å². The van der Waals surface area contributed by atoms with Gasteiger partial charge in [-0.1, -0.05) is 42.5 Å². The summed E-state index contributed by atoms with van der Waals surface area (Å²) in [6, 6.07) is 25.0. The Morgan fingerprint density at radius 1 is 0.950 bits per heavy atom. The van der Waals surface area contributed by atoms with Crippen LogP contribution < -0.4 is 21.1 Å². The molecular formula is C30H31N5O5. The van der Waals surface area contributed by atoms with Crippen molar-refractivity contribution in [2.75, 3.05) is 30.3 Å². The van der Waals surface area contributed by atoms with Crippen molar-refractivity contribution in [2.45, 2.75) is 18.9 Å². The second kappa shape index (κ2) is 13.1. The molecule has 5 N–H and O–H groups in total. The minimum atomic E-state index is -1.09. The van der Waals surface area contributed by atoms with Gasteiger partial charge in [0, 0.05) is 48.8 Å². The van der Waals surface area contributed by atoms with Crippen molar-refractivity contribution in [1.29, 1.82) is 0 Å². The van der Waals surface area contributed by atoms with Crippen molar-refractivity contribution in [3.8, 4) is 5.75 Å². The lowest BCUT2D eigenvalue weighted by Gasteiger charge is -2.30. The average Bonchev–Trinajstić information content (AvgIpc) is 2.97. The van der Waals surface area contributed by atoms with Gasteiger partial charge in [-0.3, -0.25) is 14.5 Å². The molecule has 10 nitrogen and oxygen atoms in total. The predicted molar refractivity (Wildman–Crippen MR) is 153 cm³/mol. The van der Waals surface area contributed by atoms with Crippen LogP contribution in [0.1, 0.15) is 23.2 Å². The van der Waals surface area contributed by atoms with Gasteiger partial charge in [0.1, 0.15) is 24.2 Å². The van der Waals surface area contributed by atoms with E-state index in [2.05, 4.69) is 4.98 Å². The molecule has 1 aliphatic rings. The number of nitrogens with zero attached hydrogens (tertiary/aromatic N) is 3. The number of anilines is 2. The van der Waals surface area contributed by atoms with Crippen molar-refractivity contribution in [3.05, 3.63) is 96.7 Å². The number of aromatic nitrogens is 1. The van der Waals surface area contributed by atoms with Crippen LogP contribution in [-0.4, -0.2) is 58.6 Å². The highest BCUT2D eigenvalue weighted by Crippen LogP contribution is 2.23. The zero-order chi connectivity index (χ0) is 28.5. The van der Waals surface area contributed by atoms with E-state index in [1.807, 2.05) is 30.3 Å². The SMILES string of the molecule is NC(=O)N1CCC(Oc2ccccc2)CC1.Nc1nccc2ccc(C(=O)N(CC(=O)O)c3ccccc3)cc12. The summed E-state index contributed by atoms with van der Waals surface area (Å²) < 4.78 is 5.80. The summed E-state index contributed by atoms with van der Waals surface area (Å²) in [5, 5.41) is 10.7. The third-order valence-corrected chi connectivity index (χ3v) is 6.45. The highest BCUT2D eigenvalue weighted by Gasteiger charge is 2.22. The fraction of sp³-hybridized carbons (Fsp3) is 0.200. The van der Waals surface area contributed by atoms with Gasteiger partial charge in [0.05, 0.1) is 0 Å². The molecule has 0 bridgehead atoms. The number of pyridine rings is 1. The van der Waals surface area contributed by atoms with E-state index in [0.29, 0.717) is 35.5 Å². The number of amides is 3. The lowest BCUT2D eigenvalue weighted by molar-refractivity contribution is -0.135. The molecule has 1 aromatic heterocycles. The molecule has 2 heterocycles. The van der Waals surface area contributed by atoms with E-state index in [-0.39, 0.29) is 12.1 Å². The molecule has 5 rings (SSSR count). The quantitative estimate of drug-likeness (QED) is 0.331. The summed E-state index contributed by atoms with van der Waals surface area (Å²) in [4.78, 5) is 41.8. The summed E-state index contributed by atoms with van der Waals surface area (Å²) >= 11 is 0. The molecule has 3 aromatic carbocycles. The normalized spacial score (nSPS) is 13.2. The maximum Gasteiger partial charge on any atom is 0.323 e. The van der Waals surface area contributed by atoms with Crippen molar-refractivity contribution in [3.63, 3.8) is 0 Å². The first-order valence-electron chi connectivity index (χ1n) is 12.8. The molecule has 10 heteroatoms. The number of carbonyl (C=O) groups excluding carboxylic acids is 2. The van der Waals surface area contributed by atoms with Gasteiger partial charge in [-0.2, -0.15) is 0 Å². The van der Waals surface area contributed by atoms with Crippen LogP contribution in [0.25, 0.3) is 10.8 Å². The number of benzene rings is 3. The zero-order valence-corrected chi connectivity index (χ0v) is 21.8. The smallest absolute Gasteiger partial charge is 0.323 e. The Morgan fingerprint density at radius 2 is 1.60 bits per heavy atom. The van der Waals surface area contributed by atoms with Crippen LogP contribution in [0.3, 0.4) is 0 Å². The van der Waals surface area contributed by atoms with Gasteiger partial charge in [-0.25, -0.2) is 9.78 Å². The lowest BCUT2D eigenvalue weighted by atomic mass is 10.1. The highest BCUT2D eigenvalue weighted by molar-refractivity contribution is 6.10. The van der Waals surface area contributed by atoms with E-state index in [4.69, 9.17) is 21.3 Å². The van der Waals surface area contributed by atoms with Gasteiger partial charge in [0.15, 0.2) is 0 Å². The molecule has 0 saturated carbocycles. The molecule has 1 fully saturated rings. The molecule has 3 amide bonds. The van der Waals surface area contributed by atoms with Gasteiger partial charge in [0.25, 0.3) is 5.91 Å². The van der Waals surface area contributed by atoms with Crippen LogP contribution in [0.15, 0.2) is 91.1 Å². The largest absolute Gasteiger partial charge is 0.490 e. The molecule has 40 heavy (non-hydrogen) atoms. The number of primary amides is 1. The number of fused-ring (bicyclic) bond motifs is 1. The Balaban J connectivity index is 0.000000201. The number of nitrogens with two attached hydrogens (primary N) is 2. The number of hydrogen-bond donors (Lipinski definition) is 3. The Bertz CT molecular complexity index is 1460. The van der Waals surface area contributed by atoms with Crippen LogP contribution in [-0.2, 0) is 4.79 Å². The second-order valence-electron chi connectivity index (χ2n) is 9.21. The van der Waals surface area contributed by atoms with Crippen molar-refractivity contribution in [2.24, 2.45) is 5.73 Å². The number of hydrogen-bond acceptors (Lipinski definition) is 6. The summed E-state index contributed by atoms with van der Waals surface area (Å²) in [6.45, 7) is 0.947. The van der Waals surface area contributed by atoms with Crippen molar-refractivity contribution < 1.29 is 24.2 Å². The fourth-order valence-corrected chi connectivity index (χ4v) is 4.39. The Morgan fingerprint density at radius 3 is 2.23 bits per heavy atom. The third kappa shape index (κ3) is 7.25. The van der Waals surface area contributed by atoms with E-state index in [0.717, 1.165) is 24.0 Å². The van der Waals surface area contributed by atoms with Gasteiger partial charge >= 0.3 is 12.0 Å². The molecule has 1 saturated heterocycles. The Kier molecular flexibility index (Phi) is 9.14.